The van der Waals surface area contributed by atoms with Gasteiger partial charge in [-0.2, -0.15) is 15.3 Å². The van der Waals surface area contributed by atoms with Crippen molar-refractivity contribution in [3.63, 3.8) is 0 Å². The summed E-state index contributed by atoms with van der Waals surface area (Å²) in [6, 6.07) is 3.92. The fraction of sp³-hybridized carbons (Fsp3) is 0.375. The van der Waals surface area contributed by atoms with Crippen molar-refractivity contribution in [2.45, 2.75) is 33.0 Å². The van der Waals surface area contributed by atoms with Crippen LogP contribution in [-0.4, -0.2) is 66.1 Å². The van der Waals surface area contributed by atoms with Gasteiger partial charge in [-0.15, -0.1) is 0 Å². The van der Waals surface area contributed by atoms with Gasteiger partial charge in [-0.25, -0.2) is 4.68 Å². The minimum atomic E-state index is -0.106. The molecule has 10 heteroatoms. The zero-order valence-electron chi connectivity index (χ0n) is 19.7. The van der Waals surface area contributed by atoms with E-state index in [0.717, 1.165) is 44.7 Å². The number of aromatic nitrogens is 6. The largest absolute Gasteiger partial charge is 0.473 e. The minimum Gasteiger partial charge on any atom is -0.473 e. The Morgan fingerprint density at radius 2 is 2.06 bits per heavy atom. The second kappa shape index (κ2) is 8.90. The molecule has 0 fully saturated rings. The first-order valence-corrected chi connectivity index (χ1v) is 11.6. The van der Waals surface area contributed by atoms with Gasteiger partial charge in [-0.1, -0.05) is 11.6 Å². The molecule has 178 valence electrons. The predicted molar refractivity (Wildman–Crippen MR) is 133 cm³/mol. The van der Waals surface area contributed by atoms with Gasteiger partial charge < -0.3 is 9.84 Å². The number of aromatic amines is 1. The minimum absolute atomic E-state index is 0.0251. The van der Waals surface area contributed by atoms with Gasteiger partial charge >= 0.3 is 0 Å². The third-order valence-electron chi connectivity index (χ3n) is 6.16. The average Bonchev–Trinajstić information content (AvgIpc) is 3.42. The summed E-state index contributed by atoms with van der Waals surface area (Å²) in [5.74, 6) is 0.666. The van der Waals surface area contributed by atoms with E-state index in [-0.39, 0.29) is 12.7 Å². The number of halogens is 1. The van der Waals surface area contributed by atoms with Crippen LogP contribution in [0.25, 0.3) is 34.2 Å². The summed E-state index contributed by atoms with van der Waals surface area (Å²) in [6.07, 6.45) is 5.73. The molecule has 0 amide bonds. The zero-order chi connectivity index (χ0) is 24.0. The molecule has 4 aromatic rings. The molecule has 2 bridgehead atoms. The maximum Gasteiger partial charge on any atom is 0.219 e. The number of aryl methyl sites for hydroxylation is 2. The molecule has 4 heterocycles. The van der Waals surface area contributed by atoms with E-state index in [1.165, 1.54) is 0 Å². The molecule has 0 radical (unpaired) electrons. The predicted octanol–water partition coefficient (Wildman–Crippen LogP) is 3.50. The monoisotopic (exact) mass is 481 g/mol. The number of aliphatic hydroxyl groups excluding tert-OH is 1. The van der Waals surface area contributed by atoms with Crippen molar-refractivity contribution < 1.29 is 9.84 Å². The summed E-state index contributed by atoms with van der Waals surface area (Å²) in [4.78, 5) is 2.20. The first kappa shape index (κ1) is 22.6. The Labute approximate surface area is 202 Å². The summed E-state index contributed by atoms with van der Waals surface area (Å²) in [5, 5.41) is 27.8. The molecule has 2 N–H and O–H groups in total. The maximum absolute atomic E-state index is 9.57. The first-order valence-electron chi connectivity index (χ1n) is 11.3. The highest BCUT2D eigenvalue weighted by atomic mass is 35.5. The van der Waals surface area contributed by atoms with Gasteiger partial charge in [0.2, 0.25) is 5.88 Å². The molecule has 34 heavy (non-hydrogen) atoms. The summed E-state index contributed by atoms with van der Waals surface area (Å²) in [7, 11) is 3.92. The van der Waals surface area contributed by atoms with Crippen LogP contribution in [0, 0.1) is 6.92 Å². The summed E-state index contributed by atoms with van der Waals surface area (Å²) < 4.78 is 10.0. The second-order valence-electron chi connectivity index (χ2n) is 8.82. The summed E-state index contributed by atoms with van der Waals surface area (Å²) in [6.45, 7) is 5.84. The van der Waals surface area contributed by atoms with Crippen LogP contribution >= 0.6 is 11.6 Å². The van der Waals surface area contributed by atoms with Crippen molar-refractivity contribution in [3.8, 4) is 17.0 Å². The molecule has 0 spiro atoms. The van der Waals surface area contributed by atoms with Crippen LogP contribution < -0.4 is 4.74 Å². The van der Waals surface area contributed by atoms with Crippen molar-refractivity contribution in [1.29, 1.82) is 0 Å². The zero-order valence-corrected chi connectivity index (χ0v) is 20.5. The third-order valence-corrected chi connectivity index (χ3v) is 6.47. The molecular formula is C24H28ClN7O2. The molecule has 9 nitrogen and oxygen atoms in total. The van der Waals surface area contributed by atoms with Crippen molar-refractivity contribution in [2.24, 2.45) is 7.05 Å². The number of rotatable bonds is 2. The Bertz CT molecular complexity index is 1380. The van der Waals surface area contributed by atoms with Crippen LogP contribution in [0.4, 0.5) is 0 Å². The molecule has 0 unspecified atom stereocenters. The van der Waals surface area contributed by atoms with E-state index >= 15 is 0 Å². The van der Waals surface area contributed by atoms with Crippen LogP contribution in [0.3, 0.4) is 0 Å². The van der Waals surface area contributed by atoms with Crippen LogP contribution in [-0.2, 0) is 20.1 Å². The molecule has 0 aliphatic carbocycles. The normalized spacial score (nSPS) is 17.8. The highest BCUT2D eigenvalue weighted by molar-refractivity contribution is 6.34. The van der Waals surface area contributed by atoms with Crippen LogP contribution in [0.1, 0.15) is 29.6 Å². The average molecular weight is 482 g/mol. The van der Waals surface area contributed by atoms with Crippen molar-refractivity contribution >= 4 is 34.7 Å². The maximum atomic E-state index is 9.57. The number of benzene rings is 1. The van der Waals surface area contributed by atoms with E-state index < -0.39 is 0 Å². The van der Waals surface area contributed by atoms with Gasteiger partial charge in [0.25, 0.3) is 0 Å². The number of ether oxygens (including phenoxy) is 1. The van der Waals surface area contributed by atoms with Gasteiger partial charge in [0.05, 0.1) is 52.5 Å². The number of hydrogen-bond donors (Lipinski definition) is 2. The number of hydrogen-bond acceptors (Lipinski definition) is 6. The smallest absolute Gasteiger partial charge is 0.219 e. The molecular weight excluding hydrogens is 454 g/mol. The topological polar surface area (TPSA) is 97.0 Å². The number of nitrogens with one attached hydrogen (secondary N) is 1. The molecule has 5 rings (SSSR count). The standard InChI is InChI=1S/C24H28ClN7O2/c1-14-12-30(3)13-23-16(15(2)29-32(23)7-8-33)5-6-21-18-9-17(20(25)10-22(18)28-27-21)19-11-26-31(4)24(19)34-14/h5-6,9-11,14,33H,7-8,12-13H2,1-4H3,(H,27,28)/b6-5+/t14-/m0/s1. The van der Waals surface area contributed by atoms with Gasteiger partial charge in [-0.05, 0) is 45.2 Å². The molecule has 1 aliphatic heterocycles. The van der Waals surface area contributed by atoms with Gasteiger partial charge in [0.1, 0.15) is 6.10 Å². The van der Waals surface area contributed by atoms with Crippen LogP contribution in [0.5, 0.6) is 5.88 Å². The van der Waals surface area contributed by atoms with E-state index in [1.807, 2.05) is 43.8 Å². The van der Waals surface area contributed by atoms with E-state index in [4.69, 9.17) is 16.3 Å². The molecule has 1 atom stereocenters. The fourth-order valence-corrected chi connectivity index (χ4v) is 4.86. The van der Waals surface area contributed by atoms with E-state index in [2.05, 4.69) is 38.4 Å². The summed E-state index contributed by atoms with van der Waals surface area (Å²) in [5.41, 5.74) is 6.31. The van der Waals surface area contributed by atoms with Crippen LogP contribution in [0.2, 0.25) is 5.02 Å². The fourth-order valence-electron chi connectivity index (χ4n) is 4.60. The highest BCUT2D eigenvalue weighted by Gasteiger charge is 2.22. The highest BCUT2D eigenvalue weighted by Crippen LogP contribution is 2.38. The van der Waals surface area contributed by atoms with E-state index in [9.17, 15) is 5.11 Å². The van der Waals surface area contributed by atoms with Gasteiger partial charge in [0, 0.05) is 36.7 Å². The lowest BCUT2D eigenvalue weighted by atomic mass is 10.0. The Hall–Kier alpha value is -3.14. The lowest BCUT2D eigenvalue weighted by Gasteiger charge is -2.23. The second-order valence-corrected chi connectivity index (χ2v) is 9.23. The van der Waals surface area contributed by atoms with Gasteiger partial charge in [0.15, 0.2) is 0 Å². The van der Waals surface area contributed by atoms with E-state index in [1.54, 1.807) is 10.9 Å². The van der Waals surface area contributed by atoms with Gasteiger partial charge in [-0.3, -0.25) is 14.7 Å². The summed E-state index contributed by atoms with van der Waals surface area (Å²) >= 11 is 6.69. The number of aliphatic hydroxyl groups is 1. The number of nitrogens with zero attached hydrogens (tertiary/aromatic N) is 6. The Kier molecular flexibility index (Phi) is 5.93. The lowest BCUT2D eigenvalue weighted by molar-refractivity contribution is 0.146. The van der Waals surface area contributed by atoms with Crippen molar-refractivity contribution in [2.75, 3.05) is 20.2 Å². The first-order chi connectivity index (χ1) is 16.4. The molecule has 0 saturated carbocycles. The van der Waals surface area contributed by atoms with E-state index in [0.29, 0.717) is 30.5 Å². The molecule has 0 saturated heterocycles. The SMILES string of the molecule is Cc1nn(CCO)c2c1/C=C/c1n[nH]c3cc(Cl)c(cc13)-c1cnn(C)c1O[C@@H](C)CN(C)C2. The quantitative estimate of drug-likeness (QED) is 0.455. The number of fused-ring (bicyclic) bond motifs is 4. The number of likely N-dealkylation sites (N-methyl/N-ethyl adjacent to an activating group) is 1. The third kappa shape index (κ3) is 4.00. The molecule has 1 aromatic carbocycles. The lowest BCUT2D eigenvalue weighted by Crippen LogP contribution is -2.32. The Morgan fingerprint density at radius 3 is 2.85 bits per heavy atom. The van der Waals surface area contributed by atoms with Crippen LogP contribution in [0.15, 0.2) is 18.3 Å². The Morgan fingerprint density at radius 1 is 1.24 bits per heavy atom. The van der Waals surface area contributed by atoms with Crippen molar-refractivity contribution in [3.05, 3.63) is 46.0 Å². The molecule has 1 aliphatic rings. The Balaban J connectivity index is 1.71. The van der Waals surface area contributed by atoms with Crippen molar-refractivity contribution in [1.82, 2.24) is 34.7 Å². The number of H-pyrrole nitrogens is 1. The molecule has 3 aromatic heterocycles.